The van der Waals surface area contributed by atoms with Crippen molar-refractivity contribution in [3.05, 3.63) is 29.3 Å². The van der Waals surface area contributed by atoms with Gasteiger partial charge in [0.05, 0.1) is 12.1 Å². The summed E-state index contributed by atoms with van der Waals surface area (Å²) in [5, 5.41) is 12.4. The second-order valence-corrected chi connectivity index (χ2v) is 4.67. The highest BCUT2D eigenvalue weighted by molar-refractivity contribution is 5.96. The van der Waals surface area contributed by atoms with E-state index in [9.17, 15) is 9.90 Å². The van der Waals surface area contributed by atoms with E-state index in [0.717, 1.165) is 5.56 Å². The normalized spacial score (nSPS) is 11.3. The van der Waals surface area contributed by atoms with Gasteiger partial charge in [-0.25, -0.2) is 0 Å². The summed E-state index contributed by atoms with van der Waals surface area (Å²) in [6, 6.07) is 5.26. The zero-order valence-electron chi connectivity index (χ0n) is 11.3. The Kier molecular flexibility index (Phi) is 4.73. The molecule has 0 aliphatic rings. The number of hydrogen-bond donors (Lipinski definition) is 3. The maximum atomic E-state index is 12.2. The quantitative estimate of drug-likeness (QED) is 0.698. The number of nitrogens with two attached hydrogens (primary N) is 1. The molecule has 0 saturated carbocycles. The number of benzene rings is 1. The molecule has 0 fully saturated rings. The fourth-order valence-corrected chi connectivity index (χ4v) is 1.88. The SMILES string of the molecule is CCC(CC)(CO)NC(=O)c1cc(N)ccc1C. The first-order valence-corrected chi connectivity index (χ1v) is 6.27. The second-order valence-electron chi connectivity index (χ2n) is 4.67. The zero-order valence-corrected chi connectivity index (χ0v) is 11.3. The number of aliphatic hydroxyl groups excluding tert-OH is 1. The molecule has 0 aliphatic carbocycles. The Morgan fingerprint density at radius 3 is 2.50 bits per heavy atom. The van der Waals surface area contributed by atoms with E-state index in [-0.39, 0.29) is 12.5 Å². The first kappa shape index (κ1) is 14.5. The van der Waals surface area contributed by atoms with Gasteiger partial charge in [-0.05, 0) is 37.5 Å². The number of anilines is 1. The maximum Gasteiger partial charge on any atom is 0.252 e. The highest BCUT2D eigenvalue weighted by atomic mass is 16.3. The van der Waals surface area contributed by atoms with Gasteiger partial charge in [0.25, 0.3) is 5.91 Å². The topological polar surface area (TPSA) is 75.3 Å². The van der Waals surface area contributed by atoms with Crippen LogP contribution in [0.1, 0.15) is 42.6 Å². The zero-order chi connectivity index (χ0) is 13.8. The van der Waals surface area contributed by atoms with Crippen molar-refractivity contribution in [1.29, 1.82) is 0 Å². The lowest BCUT2D eigenvalue weighted by Gasteiger charge is -2.31. The van der Waals surface area contributed by atoms with E-state index in [0.29, 0.717) is 24.1 Å². The van der Waals surface area contributed by atoms with Gasteiger partial charge in [-0.1, -0.05) is 19.9 Å². The van der Waals surface area contributed by atoms with E-state index >= 15 is 0 Å². The van der Waals surface area contributed by atoms with Crippen molar-refractivity contribution in [2.45, 2.75) is 39.2 Å². The van der Waals surface area contributed by atoms with Crippen molar-refractivity contribution < 1.29 is 9.90 Å². The lowest BCUT2D eigenvalue weighted by molar-refractivity contribution is 0.0817. The number of hydrogen-bond acceptors (Lipinski definition) is 3. The van der Waals surface area contributed by atoms with Crippen LogP contribution in [0, 0.1) is 6.92 Å². The summed E-state index contributed by atoms with van der Waals surface area (Å²) < 4.78 is 0. The molecule has 4 N–H and O–H groups in total. The first-order chi connectivity index (χ1) is 8.48. The van der Waals surface area contributed by atoms with Crippen molar-refractivity contribution in [3.63, 3.8) is 0 Å². The fraction of sp³-hybridized carbons (Fsp3) is 0.500. The number of carbonyl (C=O) groups is 1. The molecule has 0 atom stereocenters. The molecule has 4 nitrogen and oxygen atoms in total. The van der Waals surface area contributed by atoms with Gasteiger partial charge in [0.2, 0.25) is 0 Å². The summed E-state index contributed by atoms with van der Waals surface area (Å²) in [4.78, 5) is 12.2. The number of amides is 1. The molecular weight excluding hydrogens is 228 g/mol. The second kappa shape index (κ2) is 5.87. The minimum Gasteiger partial charge on any atom is -0.399 e. The molecule has 0 unspecified atom stereocenters. The largest absolute Gasteiger partial charge is 0.399 e. The molecule has 1 aromatic carbocycles. The van der Waals surface area contributed by atoms with E-state index in [4.69, 9.17) is 5.73 Å². The molecule has 0 saturated heterocycles. The van der Waals surface area contributed by atoms with E-state index in [1.807, 2.05) is 26.8 Å². The molecule has 18 heavy (non-hydrogen) atoms. The predicted octanol–water partition coefficient (Wildman–Crippen LogP) is 1.86. The van der Waals surface area contributed by atoms with Crippen LogP contribution in [0.25, 0.3) is 0 Å². The minimum absolute atomic E-state index is 0.0624. The highest BCUT2D eigenvalue weighted by Gasteiger charge is 2.28. The Morgan fingerprint density at radius 1 is 1.39 bits per heavy atom. The fourth-order valence-electron chi connectivity index (χ4n) is 1.88. The number of rotatable bonds is 5. The number of nitrogen functional groups attached to an aromatic ring is 1. The number of nitrogens with one attached hydrogen (secondary N) is 1. The van der Waals surface area contributed by atoms with Gasteiger partial charge < -0.3 is 16.2 Å². The van der Waals surface area contributed by atoms with Gasteiger partial charge in [0, 0.05) is 11.3 Å². The monoisotopic (exact) mass is 250 g/mol. The Bertz CT molecular complexity index is 418. The van der Waals surface area contributed by atoms with Crippen LogP contribution >= 0.6 is 0 Å². The van der Waals surface area contributed by atoms with E-state index in [1.54, 1.807) is 12.1 Å². The van der Waals surface area contributed by atoms with Crippen molar-refractivity contribution in [3.8, 4) is 0 Å². The summed E-state index contributed by atoms with van der Waals surface area (Å²) in [6.45, 7) is 5.71. The Hall–Kier alpha value is -1.55. The van der Waals surface area contributed by atoms with Crippen LogP contribution in [-0.4, -0.2) is 23.2 Å². The number of carbonyl (C=O) groups excluding carboxylic acids is 1. The third-order valence-electron chi connectivity index (χ3n) is 3.54. The van der Waals surface area contributed by atoms with Gasteiger partial charge in [-0.2, -0.15) is 0 Å². The number of aryl methyl sites for hydroxylation is 1. The average molecular weight is 250 g/mol. The molecule has 0 bridgehead atoms. The molecule has 1 rings (SSSR count). The predicted molar refractivity (Wildman–Crippen MR) is 73.5 cm³/mol. The van der Waals surface area contributed by atoms with Gasteiger partial charge in [-0.3, -0.25) is 4.79 Å². The van der Waals surface area contributed by atoms with Crippen LogP contribution in [-0.2, 0) is 0 Å². The van der Waals surface area contributed by atoms with Gasteiger partial charge in [0.1, 0.15) is 0 Å². The van der Waals surface area contributed by atoms with Crippen LogP contribution in [0.15, 0.2) is 18.2 Å². The van der Waals surface area contributed by atoms with Crippen LogP contribution < -0.4 is 11.1 Å². The summed E-state index contributed by atoms with van der Waals surface area (Å²) in [5.41, 5.74) is 7.15. The number of aliphatic hydroxyl groups is 1. The molecule has 0 radical (unpaired) electrons. The molecule has 100 valence electrons. The molecule has 0 spiro atoms. The molecule has 1 amide bonds. The molecule has 1 aromatic rings. The van der Waals surface area contributed by atoms with Crippen LogP contribution in [0.3, 0.4) is 0 Å². The molecule has 0 heterocycles. The molecule has 4 heteroatoms. The Balaban J connectivity index is 2.97. The van der Waals surface area contributed by atoms with Crippen LogP contribution in [0.4, 0.5) is 5.69 Å². The van der Waals surface area contributed by atoms with Gasteiger partial charge >= 0.3 is 0 Å². The van der Waals surface area contributed by atoms with Crippen molar-refractivity contribution in [2.75, 3.05) is 12.3 Å². The van der Waals surface area contributed by atoms with Gasteiger partial charge in [0.15, 0.2) is 0 Å². The smallest absolute Gasteiger partial charge is 0.252 e. The molecular formula is C14H22N2O2. The third kappa shape index (κ3) is 3.01. The molecule has 0 aromatic heterocycles. The lowest BCUT2D eigenvalue weighted by Crippen LogP contribution is -2.50. The van der Waals surface area contributed by atoms with Crippen molar-refractivity contribution in [2.24, 2.45) is 0 Å². The van der Waals surface area contributed by atoms with E-state index < -0.39 is 5.54 Å². The minimum atomic E-state index is -0.547. The Morgan fingerprint density at radius 2 is 2.00 bits per heavy atom. The Labute approximate surface area is 108 Å². The van der Waals surface area contributed by atoms with Crippen molar-refractivity contribution in [1.82, 2.24) is 5.32 Å². The third-order valence-corrected chi connectivity index (χ3v) is 3.54. The van der Waals surface area contributed by atoms with Crippen LogP contribution in [0.5, 0.6) is 0 Å². The first-order valence-electron chi connectivity index (χ1n) is 6.27. The van der Waals surface area contributed by atoms with Crippen molar-refractivity contribution >= 4 is 11.6 Å². The standard InChI is InChI=1S/C14H22N2O2/c1-4-14(5-2,9-17)16-13(18)12-8-11(15)7-6-10(12)3/h6-8,17H,4-5,9,15H2,1-3H3,(H,16,18). The average Bonchev–Trinajstić information content (AvgIpc) is 2.38. The summed E-state index contributed by atoms with van der Waals surface area (Å²) in [7, 11) is 0. The highest BCUT2D eigenvalue weighted by Crippen LogP contribution is 2.18. The summed E-state index contributed by atoms with van der Waals surface area (Å²) >= 11 is 0. The summed E-state index contributed by atoms with van der Waals surface area (Å²) in [6.07, 6.45) is 1.38. The van der Waals surface area contributed by atoms with E-state index in [1.165, 1.54) is 0 Å². The van der Waals surface area contributed by atoms with E-state index in [2.05, 4.69) is 5.32 Å². The van der Waals surface area contributed by atoms with Crippen LogP contribution in [0.2, 0.25) is 0 Å². The summed E-state index contributed by atoms with van der Waals surface area (Å²) in [5.74, 6) is -0.183. The molecule has 0 aliphatic heterocycles. The van der Waals surface area contributed by atoms with Gasteiger partial charge in [-0.15, -0.1) is 0 Å². The maximum absolute atomic E-state index is 12.2. The lowest BCUT2D eigenvalue weighted by atomic mass is 9.93.